The van der Waals surface area contributed by atoms with E-state index in [2.05, 4.69) is 104 Å². The standard InChI is InChI=1S/C41H49N2O/c1-5-40(3)34-23-15-13-21-30(34)39-42(25-26-43(39)41(40,4)6-2)37-33(29-19-11-8-12-20-29)27-32(28-17-9-7-10-18-28)36-31-22-14-16-24-35(31)44-38(36)37/h13-16,21-29H,5-12,17-20H2,1-4H3/q+1. The van der Waals surface area contributed by atoms with E-state index in [4.69, 9.17) is 4.42 Å². The van der Waals surface area contributed by atoms with E-state index in [1.165, 1.54) is 103 Å². The Balaban J connectivity index is 1.48. The van der Waals surface area contributed by atoms with Crippen molar-refractivity contribution in [2.24, 2.45) is 0 Å². The number of aromatic nitrogens is 2. The molecule has 0 amide bonds. The van der Waals surface area contributed by atoms with Gasteiger partial charge in [-0.3, -0.25) is 0 Å². The molecule has 44 heavy (non-hydrogen) atoms. The van der Waals surface area contributed by atoms with E-state index < -0.39 is 0 Å². The van der Waals surface area contributed by atoms with Crippen LogP contribution >= 0.6 is 0 Å². The minimum Gasteiger partial charge on any atom is -0.452 e. The van der Waals surface area contributed by atoms with Crippen molar-refractivity contribution in [2.75, 3.05) is 0 Å². The number of furan rings is 1. The van der Waals surface area contributed by atoms with Gasteiger partial charge < -0.3 is 4.42 Å². The minimum atomic E-state index is -0.0449. The minimum absolute atomic E-state index is 0.0356. The smallest absolute Gasteiger partial charge is 0.294 e. The van der Waals surface area contributed by atoms with Crippen molar-refractivity contribution in [3.63, 3.8) is 0 Å². The predicted octanol–water partition coefficient (Wildman–Crippen LogP) is 11.2. The lowest BCUT2D eigenvalue weighted by atomic mass is 9.61. The molecule has 0 spiro atoms. The molecule has 3 heterocycles. The van der Waals surface area contributed by atoms with Crippen LogP contribution in [0.25, 0.3) is 39.0 Å². The Morgan fingerprint density at radius 3 is 2.16 bits per heavy atom. The molecule has 0 N–H and O–H groups in total. The summed E-state index contributed by atoms with van der Waals surface area (Å²) in [5.74, 6) is 2.49. The van der Waals surface area contributed by atoms with Crippen LogP contribution in [-0.4, -0.2) is 4.57 Å². The highest BCUT2D eigenvalue weighted by Crippen LogP contribution is 2.52. The summed E-state index contributed by atoms with van der Waals surface area (Å²) >= 11 is 0. The number of benzene rings is 3. The molecular formula is C41H49N2O+. The fourth-order valence-corrected chi connectivity index (χ4v) is 9.72. The van der Waals surface area contributed by atoms with Gasteiger partial charge in [0.25, 0.3) is 5.82 Å². The fraction of sp³-hybridized carbons (Fsp3) is 0.488. The molecule has 8 rings (SSSR count). The van der Waals surface area contributed by atoms with Gasteiger partial charge in [0.2, 0.25) is 0 Å². The Kier molecular flexibility index (Phi) is 6.81. The van der Waals surface area contributed by atoms with Crippen LogP contribution in [0.2, 0.25) is 0 Å². The first-order valence-electron chi connectivity index (χ1n) is 17.7. The first-order valence-corrected chi connectivity index (χ1v) is 17.7. The SMILES string of the molecule is CCC1(C)c2ccccc2-c2n(-c3c(C4CCCCC4)cc(C4CCCCC4)c4c3oc3ccccc34)cc[n+]2C1(C)CC. The van der Waals surface area contributed by atoms with Gasteiger partial charge in [-0.2, -0.15) is 4.57 Å². The Morgan fingerprint density at radius 1 is 0.795 bits per heavy atom. The molecule has 3 aromatic carbocycles. The lowest BCUT2D eigenvalue weighted by molar-refractivity contribution is -0.764. The van der Waals surface area contributed by atoms with Gasteiger partial charge >= 0.3 is 0 Å². The molecule has 2 aromatic heterocycles. The van der Waals surface area contributed by atoms with Crippen LogP contribution in [0.4, 0.5) is 0 Å². The highest BCUT2D eigenvalue weighted by molar-refractivity contribution is 6.10. The Labute approximate surface area is 263 Å². The lowest BCUT2D eigenvalue weighted by Crippen LogP contribution is -2.67. The molecule has 2 unspecified atom stereocenters. The van der Waals surface area contributed by atoms with E-state index in [1.807, 2.05) is 0 Å². The zero-order chi connectivity index (χ0) is 30.1. The average molecular weight is 586 g/mol. The number of hydrogen-bond acceptors (Lipinski definition) is 1. The van der Waals surface area contributed by atoms with Crippen LogP contribution in [0.1, 0.15) is 133 Å². The van der Waals surface area contributed by atoms with E-state index in [0.717, 1.165) is 24.0 Å². The number of rotatable bonds is 5. The second-order valence-electron chi connectivity index (χ2n) is 14.6. The number of nitrogens with zero attached hydrogens (tertiary/aromatic N) is 2. The van der Waals surface area contributed by atoms with Crippen molar-refractivity contribution in [1.29, 1.82) is 0 Å². The topological polar surface area (TPSA) is 21.9 Å². The molecule has 5 aromatic rings. The molecule has 0 saturated heterocycles. The third kappa shape index (κ3) is 3.90. The van der Waals surface area contributed by atoms with Crippen molar-refractivity contribution in [1.82, 2.24) is 4.57 Å². The van der Waals surface area contributed by atoms with Gasteiger partial charge in [-0.05, 0) is 80.5 Å². The largest absolute Gasteiger partial charge is 0.452 e. The lowest BCUT2D eigenvalue weighted by Gasteiger charge is -2.47. The van der Waals surface area contributed by atoms with Crippen molar-refractivity contribution >= 4 is 21.9 Å². The molecule has 3 nitrogen and oxygen atoms in total. The van der Waals surface area contributed by atoms with Crippen molar-refractivity contribution in [3.8, 4) is 17.1 Å². The van der Waals surface area contributed by atoms with Gasteiger partial charge in [0.1, 0.15) is 23.5 Å². The van der Waals surface area contributed by atoms with Gasteiger partial charge in [-0.1, -0.05) is 102 Å². The molecular weight excluding hydrogens is 536 g/mol. The molecule has 0 bridgehead atoms. The molecule has 0 radical (unpaired) electrons. The highest BCUT2D eigenvalue weighted by Gasteiger charge is 2.55. The van der Waals surface area contributed by atoms with E-state index in [0.29, 0.717) is 11.8 Å². The number of fused-ring (bicyclic) bond motifs is 6. The second-order valence-corrected chi connectivity index (χ2v) is 14.6. The van der Waals surface area contributed by atoms with E-state index in [1.54, 1.807) is 5.56 Å². The molecule has 2 fully saturated rings. The number of hydrogen-bond donors (Lipinski definition) is 0. The summed E-state index contributed by atoms with van der Waals surface area (Å²) in [6, 6.07) is 20.7. The molecule has 3 aliphatic rings. The summed E-state index contributed by atoms with van der Waals surface area (Å²) in [6.45, 7) is 9.73. The molecule has 3 heteroatoms. The van der Waals surface area contributed by atoms with Crippen LogP contribution in [0.5, 0.6) is 0 Å². The maximum Gasteiger partial charge on any atom is 0.294 e. The number of para-hydroxylation sites is 1. The normalized spacial score (nSPS) is 24.5. The highest BCUT2D eigenvalue weighted by atomic mass is 16.3. The van der Waals surface area contributed by atoms with E-state index in [9.17, 15) is 0 Å². The molecule has 2 saturated carbocycles. The Morgan fingerprint density at radius 2 is 1.45 bits per heavy atom. The third-order valence-electron chi connectivity index (χ3n) is 12.7. The van der Waals surface area contributed by atoms with Gasteiger partial charge in [-0.15, -0.1) is 0 Å². The first-order chi connectivity index (χ1) is 21.5. The molecule has 2 atom stereocenters. The van der Waals surface area contributed by atoms with Crippen molar-refractivity contribution < 1.29 is 8.98 Å². The quantitative estimate of drug-likeness (QED) is 0.188. The van der Waals surface area contributed by atoms with Crippen LogP contribution < -0.4 is 4.57 Å². The van der Waals surface area contributed by atoms with Crippen molar-refractivity contribution in [2.45, 2.75) is 128 Å². The Hall–Kier alpha value is -3.33. The molecule has 2 aliphatic carbocycles. The van der Waals surface area contributed by atoms with Crippen LogP contribution in [-0.2, 0) is 11.0 Å². The summed E-state index contributed by atoms with van der Waals surface area (Å²) in [7, 11) is 0. The monoisotopic (exact) mass is 585 g/mol. The third-order valence-corrected chi connectivity index (χ3v) is 12.7. The zero-order valence-corrected chi connectivity index (χ0v) is 27.3. The summed E-state index contributed by atoms with van der Waals surface area (Å²) in [5.41, 5.74) is 9.33. The van der Waals surface area contributed by atoms with E-state index >= 15 is 0 Å². The Bertz CT molecular complexity index is 1850. The van der Waals surface area contributed by atoms with E-state index in [-0.39, 0.29) is 11.0 Å². The summed E-state index contributed by atoms with van der Waals surface area (Å²) in [4.78, 5) is 0. The van der Waals surface area contributed by atoms with Crippen LogP contribution in [0, 0.1) is 0 Å². The predicted molar refractivity (Wildman–Crippen MR) is 182 cm³/mol. The molecule has 228 valence electrons. The maximum atomic E-state index is 7.06. The first kappa shape index (κ1) is 28.2. The summed E-state index contributed by atoms with van der Waals surface area (Å²) < 4.78 is 12.2. The molecule has 1 aliphatic heterocycles. The second kappa shape index (κ2) is 10.6. The van der Waals surface area contributed by atoms with Gasteiger partial charge in [-0.25, -0.2) is 4.57 Å². The van der Waals surface area contributed by atoms with Gasteiger partial charge in [0.05, 0.1) is 5.56 Å². The average Bonchev–Trinajstić information content (AvgIpc) is 3.70. The zero-order valence-electron chi connectivity index (χ0n) is 27.3. The fourth-order valence-electron chi connectivity index (χ4n) is 9.72. The van der Waals surface area contributed by atoms with Gasteiger partial charge in [0.15, 0.2) is 11.3 Å². The summed E-state index contributed by atoms with van der Waals surface area (Å²) in [6.07, 6.45) is 20.1. The van der Waals surface area contributed by atoms with Crippen LogP contribution in [0.3, 0.4) is 0 Å². The van der Waals surface area contributed by atoms with Gasteiger partial charge in [0, 0.05) is 21.8 Å². The van der Waals surface area contributed by atoms with Crippen molar-refractivity contribution in [3.05, 3.63) is 83.7 Å². The summed E-state index contributed by atoms with van der Waals surface area (Å²) in [5, 5.41) is 2.65. The maximum absolute atomic E-state index is 7.06. The number of imidazole rings is 1. The van der Waals surface area contributed by atoms with Crippen LogP contribution in [0.15, 0.2) is 71.4 Å².